The molecule has 2 aliphatic rings. The second-order valence-corrected chi connectivity index (χ2v) is 6.03. The van der Waals surface area contributed by atoms with Crippen LogP contribution in [0.2, 0.25) is 0 Å². The van der Waals surface area contributed by atoms with Crippen molar-refractivity contribution in [3.63, 3.8) is 0 Å². The molecule has 0 radical (unpaired) electrons. The van der Waals surface area contributed by atoms with Crippen LogP contribution in [0.1, 0.15) is 29.7 Å². The zero-order valence-corrected chi connectivity index (χ0v) is 12.0. The van der Waals surface area contributed by atoms with Gasteiger partial charge in [-0.15, -0.1) is 11.3 Å². The van der Waals surface area contributed by atoms with Gasteiger partial charge in [-0.3, -0.25) is 4.98 Å². The first-order valence-corrected chi connectivity index (χ1v) is 7.89. The first-order valence-electron chi connectivity index (χ1n) is 7.01. The van der Waals surface area contributed by atoms with E-state index in [9.17, 15) is 0 Å². The molecule has 20 heavy (non-hydrogen) atoms. The fourth-order valence-corrected chi connectivity index (χ4v) is 3.73. The normalized spacial score (nSPS) is 18.0. The van der Waals surface area contributed by atoms with Crippen molar-refractivity contribution in [1.82, 2.24) is 10.3 Å². The topological polar surface area (TPSA) is 34.1 Å². The van der Waals surface area contributed by atoms with Gasteiger partial charge >= 0.3 is 0 Å². The predicted molar refractivity (Wildman–Crippen MR) is 81.0 cm³/mol. The molecule has 4 rings (SSSR count). The second-order valence-electron chi connectivity index (χ2n) is 5.15. The molecule has 3 nitrogen and oxygen atoms in total. The molecule has 0 saturated carbocycles. The molecule has 1 N–H and O–H groups in total. The van der Waals surface area contributed by atoms with Gasteiger partial charge in [0.2, 0.25) is 0 Å². The third-order valence-corrected chi connectivity index (χ3v) is 4.77. The van der Waals surface area contributed by atoms with Crippen LogP contribution in [0.3, 0.4) is 0 Å². The zero-order valence-electron chi connectivity index (χ0n) is 11.2. The van der Waals surface area contributed by atoms with Crippen LogP contribution in [0.5, 0.6) is 5.06 Å². The Balaban J connectivity index is 1.96. The highest BCUT2D eigenvalue weighted by atomic mass is 32.1. The molecular formula is C16H16N2OS. The van der Waals surface area contributed by atoms with Crippen molar-refractivity contribution in [2.24, 2.45) is 0 Å². The molecule has 0 aliphatic carbocycles. The Morgan fingerprint density at radius 3 is 3.00 bits per heavy atom. The summed E-state index contributed by atoms with van der Waals surface area (Å²) < 4.78 is 5.96. The van der Waals surface area contributed by atoms with Crippen LogP contribution < -0.4 is 10.1 Å². The number of rotatable bonds is 0. The van der Waals surface area contributed by atoms with Crippen molar-refractivity contribution in [2.75, 3.05) is 13.1 Å². The minimum Gasteiger partial charge on any atom is -0.479 e. The molecule has 0 bridgehead atoms. The lowest BCUT2D eigenvalue weighted by atomic mass is 9.91. The zero-order chi connectivity index (χ0) is 13.4. The molecule has 1 fully saturated rings. The van der Waals surface area contributed by atoms with Crippen molar-refractivity contribution in [3.05, 3.63) is 52.2 Å². The molecule has 0 atom stereocenters. The average molecular weight is 284 g/mol. The molecule has 4 heteroatoms. The summed E-state index contributed by atoms with van der Waals surface area (Å²) in [5.41, 5.74) is 6.35. The maximum atomic E-state index is 5.96. The van der Waals surface area contributed by atoms with E-state index < -0.39 is 0 Å². The van der Waals surface area contributed by atoms with Gasteiger partial charge in [-0.1, -0.05) is 11.6 Å². The third kappa shape index (κ3) is 1.96. The highest BCUT2D eigenvalue weighted by Crippen LogP contribution is 2.42. The number of nitrogens with zero attached hydrogens (tertiary/aromatic N) is 1. The monoisotopic (exact) mass is 284 g/mol. The lowest BCUT2D eigenvalue weighted by Crippen LogP contribution is -2.24. The van der Waals surface area contributed by atoms with Crippen LogP contribution in [0, 0.1) is 0 Å². The Morgan fingerprint density at radius 2 is 2.10 bits per heavy atom. The number of hydrogen-bond acceptors (Lipinski definition) is 4. The van der Waals surface area contributed by atoms with E-state index in [2.05, 4.69) is 27.8 Å². The number of pyridine rings is 1. The van der Waals surface area contributed by atoms with Crippen LogP contribution in [0.15, 0.2) is 35.3 Å². The molecule has 2 aromatic heterocycles. The van der Waals surface area contributed by atoms with Crippen LogP contribution in [0.25, 0.3) is 5.57 Å². The van der Waals surface area contributed by atoms with Crippen LogP contribution in [0.4, 0.5) is 0 Å². The van der Waals surface area contributed by atoms with Crippen LogP contribution in [-0.2, 0) is 6.61 Å². The van der Waals surface area contributed by atoms with Gasteiger partial charge in [0.25, 0.3) is 0 Å². The van der Waals surface area contributed by atoms with E-state index in [4.69, 9.17) is 4.74 Å². The minimum atomic E-state index is 0.617. The summed E-state index contributed by atoms with van der Waals surface area (Å²) in [5.74, 6) is 0. The predicted octanol–water partition coefficient (Wildman–Crippen LogP) is 3.22. The molecule has 4 heterocycles. The summed E-state index contributed by atoms with van der Waals surface area (Å²) in [4.78, 5) is 4.66. The maximum absolute atomic E-state index is 5.96. The molecule has 102 valence electrons. The molecule has 0 unspecified atom stereocenters. The van der Waals surface area contributed by atoms with Gasteiger partial charge in [-0.25, -0.2) is 0 Å². The van der Waals surface area contributed by atoms with E-state index in [-0.39, 0.29) is 0 Å². The Hall–Kier alpha value is -1.65. The Bertz CT molecular complexity index is 667. The highest BCUT2D eigenvalue weighted by molar-refractivity contribution is 7.12. The van der Waals surface area contributed by atoms with Crippen molar-refractivity contribution in [3.8, 4) is 5.06 Å². The minimum absolute atomic E-state index is 0.617. The van der Waals surface area contributed by atoms with Gasteiger partial charge in [-0.2, -0.15) is 0 Å². The van der Waals surface area contributed by atoms with Crippen molar-refractivity contribution >= 4 is 16.9 Å². The lowest BCUT2D eigenvalue weighted by Gasteiger charge is -2.20. The standard InChI is InChI=1S/C16H16N2OS/c1-2-12-10-19-16-13(5-9-20-16)14(15(12)18-6-1)11-3-7-17-8-4-11/h1-2,5-6,9,17H,3-4,7-8,10H2. The number of thiophene rings is 1. The van der Waals surface area contributed by atoms with E-state index in [1.807, 2.05) is 12.3 Å². The Morgan fingerprint density at radius 1 is 1.20 bits per heavy atom. The van der Waals surface area contributed by atoms with Crippen LogP contribution >= 0.6 is 11.3 Å². The quantitative estimate of drug-likeness (QED) is 0.806. The van der Waals surface area contributed by atoms with E-state index in [0.29, 0.717) is 6.61 Å². The number of nitrogens with one attached hydrogen (secondary N) is 1. The first kappa shape index (κ1) is 12.1. The molecule has 0 aromatic carbocycles. The fourth-order valence-electron chi connectivity index (χ4n) is 2.98. The lowest BCUT2D eigenvalue weighted by molar-refractivity contribution is 0.316. The Kier molecular flexibility index (Phi) is 3.05. The summed E-state index contributed by atoms with van der Waals surface area (Å²) in [6.07, 6.45) is 4.08. The average Bonchev–Trinajstić information content (AvgIpc) is 2.90. The van der Waals surface area contributed by atoms with Gasteiger partial charge in [0.15, 0.2) is 5.06 Å². The molecule has 0 spiro atoms. The van der Waals surface area contributed by atoms with Gasteiger partial charge in [-0.05, 0) is 43.4 Å². The number of aromatic nitrogens is 1. The second kappa shape index (κ2) is 5.04. The van der Waals surface area contributed by atoms with Gasteiger partial charge < -0.3 is 10.1 Å². The van der Waals surface area contributed by atoms with Crippen molar-refractivity contribution in [2.45, 2.75) is 19.4 Å². The summed E-state index contributed by atoms with van der Waals surface area (Å²) in [7, 11) is 0. The fraction of sp³-hybridized carbons (Fsp3) is 0.312. The first-order chi connectivity index (χ1) is 9.93. The molecule has 2 aromatic rings. The molecule has 0 amide bonds. The largest absolute Gasteiger partial charge is 0.479 e. The number of piperidine rings is 1. The molecule has 1 saturated heterocycles. The number of hydrogen-bond donors (Lipinski definition) is 1. The SMILES string of the molecule is c1cnc2c(c1)COc1sccc1C2=C1CCNCC1. The third-order valence-electron chi connectivity index (χ3n) is 3.95. The smallest absolute Gasteiger partial charge is 0.182 e. The van der Waals surface area contributed by atoms with E-state index >= 15 is 0 Å². The van der Waals surface area contributed by atoms with Crippen molar-refractivity contribution in [1.29, 1.82) is 0 Å². The number of fused-ring (bicyclic) bond motifs is 2. The summed E-state index contributed by atoms with van der Waals surface area (Å²) >= 11 is 1.68. The van der Waals surface area contributed by atoms with Gasteiger partial charge in [0.05, 0.1) is 5.69 Å². The van der Waals surface area contributed by atoms with Gasteiger partial charge in [0.1, 0.15) is 6.61 Å². The number of ether oxygens (including phenoxy) is 1. The van der Waals surface area contributed by atoms with Gasteiger partial charge in [0, 0.05) is 22.9 Å². The molecule has 2 aliphatic heterocycles. The summed E-state index contributed by atoms with van der Waals surface area (Å²) in [6.45, 7) is 2.73. The highest BCUT2D eigenvalue weighted by Gasteiger charge is 2.24. The summed E-state index contributed by atoms with van der Waals surface area (Å²) in [5, 5.41) is 6.57. The Labute approximate surface area is 122 Å². The maximum Gasteiger partial charge on any atom is 0.182 e. The molecular weight excluding hydrogens is 268 g/mol. The van der Waals surface area contributed by atoms with E-state index in [1.54, 1.807) is 11.3 Å². The summed E-state index contributed by atoms with van der Waals surface area (Å²) in [6, 6.07) is 6.29. The van der Waals surface area contributed by atoms with E-state index in [0.717, 1.165) is 36.7 Å². The van der Waals surface area contributed by atoms with Crippen LogP contribution in [-0.4, -0.2) is 18.1 Å². The van der Waals surface area contributed by atoms with Crippen molar-refractivity contribution < 1.29 is 4.74 Å². The van der Waals surface area contributed by atoms with E-state index in [1.165, 1.54) is 22.3 Å².